The second kappa shape index (κ2) is 7.30. The van der Waals surface area contributed by atoms with E-state index in [1.165, 1.54) is 38.0 Å². The smallest absolute Gasteiger partial charge is 0.260 e. The van der Waals surface area contributed by atoms with Gasteiger partial charge in [-0.3, -0.25) is 0 Å². The first-order chi connectivity index (χ1) is 18.8. The van der Waals surface area contributed by atoms with Crippen molar-refractivity contribution in [3.05, 3.63) is 121 Å². The topological polar surface area (TPSA) is 23.4 Å². The molecule has 0 amide bonds. The number of hydrogen-bond acceptors (Lipinski definition) is 2. The predicted octanol–water partition coefficient (Wildman–Crippen LogP) is 6.66. The maximum atomic E-state index is 6.58. The van der Waals surface area contributed by atoms with Gasteiger partial charge in [0.25, 0.3) is 6.71 Å². The Morgan fingerprint density at radius 2 is 1.11 bits per heavy atom. The third-order valence-electron chi connectivity index (χ3n) is 8.10. The first-order valence-corrected chi connectivity index (χ1v) is 13.0. The van der Waals surface area contributed by atoms with E-state index in [0.29, 0.717) is 0 Å². The molecule has 0 aliphatic carbocycles. The van der Waals surface area contributed by atoms with Gasteiger partial charge in [0.2, 0.25) is 0 Å². The van der Waals surface area contributed by atoms with Gasteiger partial charge in [-0.1, -0.05) is 84.9 Å². The van der Waals surface area contributed by atoms with Crippen molar-refractivity contribution in [1.82, 2.24) is 4.57 Å². The van der Waals surface area contributed by atoms with Gasteiger partial charge in [-0.2, -0.15) is 0 Å². The highest BCUT2D eigenvalue weighted by molar-refractivity contribution is 6.98. The molecule has 0 saturated carbocycles. The molecule has 0 spiro atoms. The van der Waals surface area contributed by atoms with E-state index in [1.54, 1.807) is 0 Å². The lowest BCUT2D eigenvalue weighted by atomic mass is 9.35. The molecular weight excluding hydrogens is 465 g/mol. The summed E-state index contributed by atoms with van der Waals surface area (Å²) in [5.41, 5.74) is 6.80. The minimum atomic E-state index is 0.0750. The van der Waals surface area contributed by atoms with Crippen LogP contribution in [0.1, 0.15) is 0 Å². The van der Waals surface area contributed by atoms with Crippen LogP contribution in [0.15, 0.2) is 121 Å². The maximum absolute atomic E-state index is 6.58. The number of nitrogens with zero attached hydrogens (tertiary/aromatic N) is 1. The molecule has 0 unspecified atom stereocenters. The van der Waals surface area contributed by atoms with Crippen molar-refractivity contribution in [2.75, 3.05) is 0 Å². The van der Waals surface area contributed by atoms with Crippen molar-refractivity contribution in [2.24, 2.45) is 0 Å². The molecule has 4 heteroatoms. The van der Waals surface area contributed by atoms with E-state index in [2.05, 4.69) is 114 Å². The van der Waals surface area contributed by atoms with E-state index in [4.69, 9.17) is 9.47 Å². The molecule has 176 valence electrons. The van der Waals surface area contributed by atoms with E-state index in [-0.39, 0.29) is 6.71 Å². The Labute approximate surface area is 219 Å². The summed E-state index contributed by atoms with van der Waals surface area (Å²) in [7, 11) is 0. The molecule has 0 fully saturated rings. The zero-order valence-corrected chi connectivity index (χ0v) is 20.4. The second-order valence-electron chi connectivity index (χ2n) is 10.1. The molecule has 3 heterocycles. The minimum absolute atomic E-state index is 0.0750. The van der Waals surface area contributed by atoms with Crippen molar-refractivity contribution in [3.63, 3.8) is 0 Å². The molecule has 38 heavy (non-hydrogen) atoms. The number of para-hydroxylation sites is 3. The van der Waals surface area contributed by atoms with Crippen LogP contribution in [-0.2, 0) is 0 Å². The highest BCUT2D eigenvalue weighted by Gasteiger charge is 2.40. The molecule has 1 aromatic heterocycles. The fourth-order valence-electron chi connectivity index (χ4n) is 6.53. The van der Waals surface area contributed by atoms with Gasteiger partial charge in [0.05, 0.1) is 16.7 Å². The summed E-state index contributed by atoms with van der Waals surface area (Å²) in [6.07, 6.45) is 0. The molecule has 2 aliphatic heterocycles. The third-order valence-corrected chi connectivity index (χ3v) is 8.10. The standard InChI is InChI=1S/C34H20BNO2/c1-2-10-23-21(9-1)17-18-28-33(23)24-11-3-6-14-27(24)36(28)22-19-31-34-32(20-22)38-30-16-8-5-13-26(30)35(34)25-12-4-7-15-29(25)37-31/h1-20H. The Morgan fingerprint density at radius 3 is 1.84 bits per heavy atom. The van der Waals surface area contributed by atoms with Crippen molar-refractivity contribution in [3.8, 4) is 28.7 Å². The average molecular weight is 485 g/mol. The zero-order chi connectivity index (χ0) is 24.8. The quantitative estimate of drug-likeness (QED) is 0.243. The van der Waals surface area contributed by atoms with E-state index in [0.717, 1.165) is 39.7 Å². The third kappa shape index (κ3) is 2.59. The van der Waals surface area contributed by atoms with Crippen LogP contribution in [0.2, 0.25) is 0 Å². The van der Waals surface area contributed by atoms with Crippen molar-refractivity contribution in [2.45, 2.75) is 0 Å². The van der Waals surface area contributed by atoms with Crippen LogP contribution in [0.4, 0.5) is 0 Å². The van der Waals surface area contributed by atoms with Crippen LogP contribution >= 0.6 is 0 Å². The summed E-state index contributed by atoms with van der Waals surface area (Å²) in [5.74, 6) is 3.50. The van der Waals surface area contributed by atoms with Gasteiger partial charge in [0, 0.05) is 28.4 Å². The molecule has 0 atom stereocenters. The summed E-state index contributed by atoms with van der Waals surface area (Å²) in [4.78, 5) is 0. The molecule has 3 nitrogen and oxygen atoms in total. The molecule has 0 radical (unpaired) electrons. The van der Waals surface area contributed by atoms with E-state index in [9.17, 15) is 0 Å². The maximum Gasteiger partial charge on any atom is 0.260 e. The fraction of sp³-hybridized carbons (Fsp3) is 0. The predicted molar refractivity (Wildman–Crippen MR) is 156 cm³/mol. The SMILES string of the molecule is c1ccc2c(c1)Oc1cc(-n3c4ccccc4c4c5ccccc5ccc43)cc3c1B2c1ccccc1O3. The van der Waals surface area contributed by atoms with Crippen LogP contribution in [-0.4, -0.2) is 11.3 Å². The highest BCUT2D eigenvalue weighted by Crippen LogP contribution is 2.40. The largest absolute Gasteiger partial charge is 0.458 e. The van der Waals surface area contributed by atoms with Crippen LogP contribution in [0.3, 0.4) is 0 Å². The minimum Gasteiger partial charge on any atom is -0.458 e. The lowest BCUT2D eigenvalue weighted by molar-refractivity contribution is 0.464. The Balaban J connectivity index is 1.37. The summed E-state index contributed by atoms with van der Waals surface area (Å²) in [6, 6.07) is 42.8. The Kier molecular flexibility index (Phi) is 3.87. The zero-order valence-electron chi connectivity index (χ0n) is 20.4. The van der Waals surface area contributed by atoms with Crippen molar-refractivity contribution < 1.29 is 9.47 Å². The Hall–Kier alpha value is -4.96. The van der Waals surface area contributed by atoms with E-state index < -0.39 is 0 Å². The molecule has 0 N–H and O–H groups in total. The first-order valence-electron chi connectivity index (χ1n) is 13.0. The normalized spacial score (nSPS) is 13.1. The molecule has 9 rings (SSSR count). The summed E-state index contributed by atoms with van der Waals surface area (Å²) < 4.78 is 15.5. The van der Waals surface area contributed by atoms with Crippen LogP contribution in [0.25, 0.3) is 38.3 Å². The molecule has 7 aromatic rings. The Bertz CT molecular complexity index is 2040. The van der Waals surface area contributed by atoms with Gasteiger partial charge < -0.3 is 14.0 Å². The van der Waals surface area contributed by atoms with Crippen molar-refractivity contribution >= 4 is 55.7 Å². The van der Waals surface area contributed by atoms with Crippen molar-refractivity contribution in [1.29, 1.82) is 0 Å². The number of hydrogen-bond donors (Lipinski definition) is 0. The molecule has 0 saturated heterocycles. The van der Waals surface area contributed by atoms with Gasteiger partial charge in [0.1, 0.15) is 23.0 Å². The molecule has 6 aromatic carbocycles. The number of rotatable bonds is 1. The number of fused-ring (bicyclic) bond motifs is 9. The Morgan fingerprint density at radius 1 is 0.500 bits per heavy atom. The van der Waals surface area contributed by atoms with E-state index >= 15 is 0 Å². The van der Waals surface area contributed by atoms with Crippen LogP contribution < -0.4 is 25.9 Å². The summed E-state index contributed by atoms with van der Waals surface area (Å²) >= 11 is 0. The highest BCUT2D eigenvalue weighted by atomic mass is 16.5. The average Bonchev–Trinajstić information content (AvgIpc) is 3.31. The molecule has 0 bridgehead atoms. The summed E-state index contributed by atoms with van der Waals surface area (Å²) in [6.45, 7) is 0.0750. The lowest BCUT2D eigenvalue weighted by Crippen LogP contribution is -2.57. The molecular formula is C34H20BNO2. The van der Waals surface area contributed by atoms with Crippen LogP contribution in [0.5, 0.6) is 23.0 Å². The van der Waals surface area contributed by atoms with Gasteiger partial charge in [-0.05, 0) is 46.0 Å². The van der Waals surface area contributed by atoms with E-state index in [1.807, 2.05) is 12.1 Å². The lowest BCUT2D eigenvalue weighted by Gasteiger charge is -2.33. The first kappa shape index (κ1) is 20.1. The van der Waals surface area contributed by atoms with Crippen LogP contribution in [0, 0.1) is 0 Å². The van der Waals surface area contributed by atoms with Gasteiger partial charge in [0.15, 0.2) is 0 Å². The number of benzene rings is 6. The number of aromatic nitrogens is 1. The fourth-order valence-corrected chi connectivity index (χ4v) is 6.53. The molecule has 2 aliphatic rings. The monoisotopic (exact) mass is 485 g/mol. The number of ether oxygens (including phenoxy) is 2. The van der Waals surface area contributed by atoms with Gasteiger partial charge in [-0.25, -0.2) is 0 Å². The van der Waals surface area contributed by atoms with Gasteiger partial charge in [-0.15, -0.1) is 0 Å². The second-order valence-corrected chi connectivity index (χ2v) is 10.1. The summed E-state index contributed by atoms with van der Waals surface area (Å²) in [5, 5.41) is 5.00. The van der Waals surface area contributed by atoms with Gasteiger partial charge >= 0.3 is 0 Å².